The predicted molar refractivity (Wildman–Crippen MR) is 70.8 cm³/mol. The lowest BCUT2D eigenvalue weighted by Gasteiger charge is -2.34. The van der Waals surface area contributed by atoms with E-state index in [0.717, 1.165) is 11.3 Å². The van der Waals surface area contributed by atoms with E-state index >= 15 is 0 Å². The highest BCUT2D eigenvalue weighted by Gasteiger charge is 2.23. The molecular weight excluding hydrogens is 230 g/mol. The van der Waals surface area contributed by atoms with Crippen LogP contribution in [0.1, 0.15) is 26.3 Å². The molecule has 1 rings (SSSR count). The van der Waals surface area contributed by atoms with Gasteiger partial charge in [-0.1, -0.05) is 12.1 Å². The number of aliphatic carboxylic acids is 1. The highest BCUT2D eigenvalue weighted by molar-refractivity contribution is 5.69. The maximum Gasteiger partial charge on any atom is 0.317 e. The van der Waals surface area contributed by atoms with Gasteiger partial charge in [0, 0.05) is 12.1 Å². The second-order valence-corrected chi connectivity index (χ2v) is 5.27. The van der Waals surface area contributed by atoms with E-state index in [4.69, 9.17) is 9.84 Å². The summed E-state index contributed by atoms with van der Waals surface area (Å²) in [5.74, 6) is -0.0236. The molecule has 0 fully saturated rings. The van der Waals surface area contributed by atoms with Crippen molar-refractivity contribution in [2.75, 3.05) is 13.7 Å². The molecule has 0 heterocycles. The number of carboxylic acids is 1. The number of hydrogen-bond acceptors (Lipinski definition) is 3. The molecule has 4 nitrogen and oxygen atoms in total. The van der Waals surface area contributed by atoms with Gasteiger partial charge in [-0.2, -0.15) is 0 Å². The number of nitrogens with zero attached hydrogens (tertiary/aromatic N) is 1. The molecule has 0 aromatic heterocycles. The van der Waals surface area contributed by atoms with Crippen molar-refractivity contribution >= 4 is 5.97 Å². The Hall–Kier alpha value is -1.55. The van der Waals surface area contributed by atoms with Gasteiger partial charge in [0.25, 0.3) is 0 Å². The molecule has 1 N–H and O–H groups in total. The number of carbonyl (C=O) groups is 1. The highest BCUT2D eigenvalue weighted by Crippen LogP contribution is 2.19. The molecule has 0 bridgehead atoms. The third-order valence-corrected chi connectivity index (χ3v) is 2.78. The zero-order valence-corrected chi connectivity index (χ0v) is 11.4. The van der Waals surface area contributed by atoms with E-state index in [1.165, 1.54) is 0 Å². The third-order valence-electron chi connectivity index (χ3n) is 2.78. The summed E-state index contributed by atoms with van der Waals surface area (Å²) in [5, 5.41) is 8.96. The minimum Gasteiger partial charge on any atom is -0.497 e. The summed E-state index contributed by atoms with van der Waals surface area (Å²) < 4.78 is 5.17. The molecule has 0 saturated carbocycles. The molecule has 0 aliphatic rings. The van der Waals surface area contributed by atoms with Crippen molar-refractivity contribution < 1.29 is 14.6 Å². The Morgan fingerprint density at radius 3 is 2.56 bits per heavy atom. The minimum absolute atomic E-state index is 0.0285. The molecule has 0 atom stereocenters. The van der Waals surface area contributed by atoms with Gasteiger partial charge in [0.15, 0.2) is 0 Å². The first-order valence-corrected chi connectivity index (χ1v) is 5.92. The Morgan fingerprint density at radius 2 is 2.06 bits per heavy atom. The summed E-state index contributed by atoms with van der Waals surface area (Å²) in [6.07, 6.45) is 0. The van der Waals surface area contributed by atoms with Crippen LogP contribution in [0.4, 0.5) is 0 Å². The molecule has 1 aromatic rings. The number of ether oxygens (including phenoxy) is 1. The van der Waals surface area contributed by atoms with Crippen molar-refractivity contribution in [1.82, 2.24) is 4.90 Å². The Kier molecular flexibility index (Phi) is 4.73. The average Bonchev–Trinajstić information content (AvgIpc) is 2.26. The van der Waals surface area contributed by atoms with Crippen LogP contribution in [0.25, 0.3) is 0 Å². The van der Waals surface area contributed by atoms with Crippen LogP contribution < -0.4 is 4.74 Å². The molecule has 100 valence electrons. The predicted octanol–water partition coefficient (Wildman–Crippen LogP) is 2.38. The maximum absolute atomic E-state index is 10.9. The second-order valence-electron chi connectivity index (χ2n) is 5.27. The summed E-state index contributed by atoms with van der Waals surface area (Å²) in [6, 6.07) is 7.70. The number of rotatable bonds is 5. The van der Waals surface area contributed by atoms with E-state index < -0.39 is 5.97 Å². The van der Waals surface area contributed by atoms with Crippen LogP contribution in [-0.2, 0) is 11.3 Å². The normalized spacial score (nSPS) is 11.6. The Morgan fingerprint density at radius 1 is 1.39 bits per heavy atom. The highest BCUT2D eigenvalue weighted by atomic mass is 16.5. The van der Waals surface area contributed by atoms with E-state index in [1.807, 2.05) is 49.9 Å². The van der Waals surface area contributed by atoms with E-state index in [2.05, 4.69) is 0 Å². The van der Waals surface area contributed by atoms with Gasteiger partial charge < -0.3 is 9.84 Å². The van der Waals surface area contributed by atoms with E-state index in [-0.39, 0.29) is 12.1 Å². The number of benzene rings is 1. The van der Waals surface area contributed by atoms with E-state index in [1.54, 1.807) is 7.11 Å². The Balaban J connectivity index is 2.85. The smallest absolute Gasteiger partial charge is 0.317 e. The van der Waals surface area contributed by atoms with Gasteiger partial charge >= 0.3 is 5.97 Å². The quantitative estimate of drug-likeness (QED) is 0.873. The van der Waals surface area contributed by atoms with Gasteiger partial charge in [-0.25, -0.2) is 0 Å². The van der Waals surface area contributed by atoms with Gasteiger partial charge in [-0.05, 0) is 38.5 Å². The Bertz CT molecular complexity index is 410. The van der Waals surface area contributed by atoms with Crippen LogP contribution in [0.5, 0.6) is 5.75 Å². The third kappa shape index (κ3) is 4.37. The van der Waals surface area contributed by atoms with Crippen molar-refractivity contribution in [3.63, 3.8) is 0 Å². The summed E-state index contributed by atoms with van der Waals surface area (Å²) in [5.41, 5.74) is 0.854. The van der Waals surface area contributed by atoms with Gasteiger partial charge in [0.1, 0.15) is 5.75 Å². The van der Waals surface area contributed by atoms with Gasteiger partial charge in [0.05, 0.1) is 13.7 Å². The number of hydrogen-bond donors (Lipinski definition) is 1. The van der Waals surface area contributed by atoms with E-state index in [9.17, 15) is 4.79 Å². The fourth-order valence-corrected chi connectivity index (χ4v) is 1.68. The average molecular weight is 251 g/mol. The lowest BCUT2D eigenvalue weighted by Crippen LogP contribution is -2.43. The Labute approximate surface area is 108 Å². The van der Waals surface area contributed by atoms with E-state index in [0.29, 0.717) is 6.54 Å². The fourth-order valence-electron chi connectivity index (χ4n) is 1.68. The minimum atomic E-state index is -0.812. The molecule has 0 aliphatic heterocycles. The molecule has 0 saturated heterocycles. The molecule has 0 unspecified atom stereocenters. The fraction of sp³-hybridized carbons (Fsp3) is 0.500. The first kappa shape index (κ1) is 14.5. The summed E-state index contributed by atoms with van der Waals surface area (Å²) in [6.45, 7) is 6.65. The standard InChI is InChI=1S/C14H21NO3/c1-14(2,3)15(10-13(16)17)9-11-6-5-7-12(8-11)18-4/h5-8H,9-10H2,1-4H3,(H,16,17). The van der Waals surface area contributed by atoms with Crippen molar-refractivity contribution in [3.8, 4) is 5.75 Å². The largest absolute Gasteiger partial charge is 0.497 e. The van der Waals surface area contributed by atoms with Crippen molar-refractivity contribution in [3.05, 3.63) is 29.8 Å². The van der Waals surface area contributed by atoms with Crippen LogP contribution in [-0.4, -0.2) is 35.2 Å². The number of carboxylic acid groups (broad SMARTS) is 1. The monoisotopic (exact) mass is 251 g/mol. The molecular formula is C14H21NO3. The molecule has 0 radical (unpaired) electrons. The molecule has 18 heavy (non-hydrogen) atoms. The lowest BCUT2D eigenvalue weighted by molar-refractivity contribution is -0.139. The van der Waals surface area contributed by atoms with Gasteiger partial charge in [0.2, 0.25) is 0 Å². The van der Waals surface area contributed by atoms with Gasteiger partial charge in [-0.15, -0.1) is 0 Å². The summed E-state index contributed by atoms with van der Waals surface area (Å²) in [4.78, 5) is 12.8. The first-order valence-electron chi connectivity index (χ1n) is 5.92. The molecule has 4 heteroatoms. The maximum atomic E-state index is 10.9. The summed E-state index contributed by atoms with van der Waals surface area (Å²) in [7, 11) is 1.62. The molecule has 0 amide bonds. The van der Waals surface area contributed by atoms with Crippen LogP contribution in [0.3, 0.4) is 0 Å². The van der Waals surface area contributed by atoms with Crippen molar-refractivity contribution in [2.24, 2.45) is 0 Å². The summed E-state index contributed by atoms with van der Waals surface area (Å²) >= 11 is 0. The van der Waals surface area contributed by atoms with Crippen molar-refractivity contribution in [1.29, 1.82) is 0 Å². The molecule has 0 spiro atoms. The zero-order chi connectivity index (χ0) is 13.8. The first-order chi connectivity index (χ1) is 8.32. The lowest BCUT2D eigenvalue weighted by atomic mass is 10.0. The van der Waals surface area contributed by atoms with Crippen LogP contribution in [0, 0.1) is 0 Å². The second kappa shape index (κ2) is 5.87. The van der Waals surface area contributed by atoms with Crippen LogP contribution >= 0.6 is 0 Å². The number of methoxy groups -OCH3 is 1. The molecule has 0 aliphatic carbocycles. The van der Waals surface area contributed by atoms with Gasteiger partial charge in [-0.3, -0.25) is 9.69 Å². The SMILES string of the molecule is COc1cccc(CN(CC(=O)O)C(C)(C)C)c1. The van der Waals surface area contributed by atoms with Crippen molar-refractivity contribution in [2.45, 2.75) is 32.9 Å². The topological polar surface area (TPSA) is 49.8 Å². The van der Waals surface area contributed by atoms with Crippen LogP contribution in [0.15, 0.2) is 24.3 Å². The zero-order valence-electron chi connectivity index (χ0n) is 11.4. The molecule has 1 aromatic carbocycles. The van der Waals surface area contributed by atoms with Crippen LogP contribution in [0.2, 0.25) is 0 Å².